The van der Waals surface area contributed by atoms with Crippen molar-refractivity contribution in [1.29, 1.82) is 0 Å². The van der Waals surface area contributed by atoms with E-state index in [4.69, 9.17) is 15.2 Å². The summed E-state index contributed by atoms with van der Waals surface area (Å²) in [6.45, 7) is 7.43. The number of benzene rings is 1. The Balaban J connectivity index is 1.40. The van der Waals surface area contributed by atoms with Crippen molar-refractivity contribution in [3.63, 3.8) is 0 Å². The van der Waals surface area contributed by atoms with Gasteiger partial charge in [-0.05, 0) is 31.9 Å². The van der Waals surface area contributed by atoms with Crippen LogP contribution in [0.3, 0.4) is 0 Å². The highest BCUT2D eigenvalue weighted by Gasteiger charge is 2.32. The first kappa shape index (κ1) is 20.9. The second kappa shape index (κ2) is 10.1. The molecule has 1 aromatic heterocycles. The molecule has 1 aromatic carbocycles. The van der Waals surface area contributed by atoms with Gasteiger partial charge in [0.15, 0.2) is 0 Å². The lowest BCUT2D eigenvalue weighted by Gasteiger charge is -2.44. The third-order valence-corrected chi connectivity index (χ3v) is 5.13. The van der Waals surface area contributed by atoms with Gasteiger partial charge in [-0.3, -0.25) is 4.90 Å². The van der Waals surface area contributed by atoms with Crippen LogP contribution in [0.2, 0.25) is 0 Å². The molecule has 7 nitrogen and oxygen atoms in total. The Morgan fingerprint density at radius 2 is 1.86 bits per heavy atom. The summed E-state index contributed by atoms with van der Waals surface area (Å²) in [4.78, 5) is 20.8. The van der Waals surface area contributed by atoms with E-state index in [1.165, 1.54) is 0 Å². The lowest BCUT2D eigenvalue weighted by atomic mass is 10.1. The molecule has 1 aliphatic rings. The van der Waals surface area contributed by atoms with Gasteiger partial charge in [-0.2, -0.15) is 0 Å². The van der Waals surface area contributed by atoms with E-state index >= 15 is 0 Å². The summed E-state index contributed by atoms with van der Waals surface area (Å²) in [7, 11) is 0. The molecule has 2 heterocycles. The van der Waals surface area contributed by atoms with E-state index < -0.39 is 0 Å². The maximum Gasteiger partial charge on any atom is 0.410 e. The zero-order valence-corrected chi connectivity index (χ0v) is 17.2. The zero-order chi connectivity index (χ0) is 20.6. The van der Waals surface area contributed by atoms with Crippen LogP contribution in [0.25, 0.3) is 0 Å². The predicted octanol–water partition coefficient (Wildman–Crippen LogP) is 3.16. The maximum absolute atomic E-state index is 12.5. The first-order valence-corrected chi connectivity index (χ1v) is 10.1. The topological polar surface area (TPSA) is 80.9 Å². The highest BCUT2D eigenvalue weighted by molar-refractivity contribution is 5.68. The van der Waals surface area contributed by atoms with Gasteiger partial charge in [0.2, 0.25) is 5.88 Å². The molecule has 2 N–H and O–H groups in total. The van der Waals surface area contributed by atoms with Crippen LogP contribution in [-0.4, -0.2) is 59.2 Å². The summed E-state index contributed by atoms with van der Waals surface area (Å²) in [6, 6.07) is 13.8. The minimum atomic E-state index is -0.245. The maximum atomic E-state index is 12.5. The third-order valence-electron chi connectivity index (χ3n) is 5.13. The molecule has 29 heavy (non-hydrogen) atoms. The third kappa shape index (κ3) is 6.09. The Morgan fingerprint density at radius 3 is 2.52 bits per heavy atom. The van der Waals surface area contributed by atoms with E-state index in [2.05, 4.69) is 23.7 Å². The molecule has 1 fully saturated rings. The molecule has 7 heteroatoms. The number of piperazine rings is 1. The van der Waals surface area contributed by atoms with E-state index in [0.717, 1.165) is 18.5 Å². The smallest absolute Gasteiger partial charge is 0.410 e. The molecule has 0 radical (unpaired) electrons. The van der Waals surface area contributed by atoms with Crippen LogP contribution in [0.15, 0.2) is 48.7 Å². The van der Waals surface area contributed by atoms with Crippen LogP contribution >= 0.6 is 0 Å². The molecule has 156 valence electrons. The lowest BCUT2D eigenvalue weighted by molar-refractivity contribution is 0.0229. The minimum absolute atomic E-state index is 0.245. The number of aromatic nitrogens is 1. The second-order valence-corrected chi connectivity index (χ2v) is 7.51. The molecule has 1 saturated heterocycles. The molecule has 2 atom stereocenters. The highest BCUT2D eigenvalue weighted by atomic mass is 16.6. The van der Waals surface area contributed by atoms with Crippen molar-refractivity contribution in [1.82, 2.24) is 14.8 Å². The van der Waals surface area contributed by atoms with E-state index in [1.54, 1.807) is 18.3 Å². The number of rotatable bonds is 7. The Labute approximate surface area is 172 Å². The Hall–Kier alpha value is -2.80. The second-order valence-electron chi connectivity index (χ2n) is 7.51. The summed E-state index contributed by atoms with van der Waals surface area (Å²) in [5.41, 5.74) is 7.25. The van der Waals surface area contributed by atoms with Crippen LogP contribution < -0.4 is 10.5 Å². The molecule has 0 saturated carbocycles. The van der Waals surface area contributed by atoms with Crippen molar-refractivity contribution in [2.24, 2.45) is 0 Å². The number of ether oxygens (including phenoxy) is 2. The number of pyridine rings is 1. The average Bonchev–Trinajstić information content (AvgIpc) is 2.73. The summed E-state index contributed by atoms with van der Waals surface area (Å²) in [6.07, 6.45) is 2.24. The van der Waals surface area contributed by atoms with Crippen LogP contribution in [0.1, 0.15) is 25.8 Å². The van der Waals surface area contributed by atoms with Gasteiger partial charge < -0.3 is 20.1 Å². The Kier molecular flexibility index (Phi) is 7.30. The number of carbonyl (C=O) groups is 1. The molecule has 0 bridgehead atoms. The Bertz CT molecular complexity index is 757. The minimum Gasteiger partial charge on any atom is -0.478 e. The van der Waals surface area contributed by atoms with Gasteiger partial charge in [0.1, 0.15) is 6.61 Å². The van der Waals surface area contributed by atoms with Crippen molar-refractivity contribution in [2.75, 3.05) is 32.0 Å². The van der Waals surface area contributed by atoms with Gasteiger partial charge in [0, 0.05) is 37.8 Å². The van der Waals surface area contributed by atoms with Gasteiger partial charge in [-0.1, -0.05) is 30.3 Å². The fraction of sp³-hybridized carbons (Fsp3) is 0.455. The fourth-order valence-electron chi connectivity index (χ4n) is 3.66. The SMILES string of the molecule is C[C@@H]1CN(C(=O)OCc2ccccc2)C[C@H](C)N1CCCOc1ccc(N)cn1. The van der Waals surface area contributed by atoms with Crippen LogP contribution in [0.4, 0.5) is 10.5 Å². The van der Waals surface area contributed by atoms with Crippen LogP contribution in [-0.2, 0) is 11.3 Å². The first-order valence-electron chi connectivity index (χ1n) is 10.1. The number of anilines is 1. The monoisotopic (exact) mass is 398 g/mol. The van der Waals surface area contributed by atoms with Crippen molar-refractivity contribution in [3.8, 4) is 5.88 Å². The van der Waals surface area contributed by atoms with E-state index in [1.807, 2.05) is 35.2 Å². The standard InChI is InChI=1S/C22H30N4O3/c1-17-14-25(22(27)29-16-19-7-4-3-5-8-19)15-18(2)26(17)11-6-12-28-21-10-9-20(23)13-24-21/h3-5,7-10,13,17-18H,6,11-12,14-16,23H2,1-2H3/t17-,18+. The molecule has 2 aromatic rings. The molecule has 1 aliphatic heterocycles. The van der Waals surface area contributed by atoms with Crippen molar-refractivity contribution >= 4 is 11.8 Å². The largest absolute Gasteiger partial charge is 0.478 e. The molecule has 0 unspecified atom stereocenters. The lowest BCUT2D eigenvalue weighted by Crippen LogP contribution is -2.58. The highest BCUT2D eigenvalue weighted by Crippen LogP contribution is 2.18. The van der Waals surface area contributed by atoms with Gasteiger partial charge in [-0.15, -0.1) is 0 Å². The molecule has 0 aliphatic carbocycles. The number of nitrogens with zero attached hydrogens (tertiary/aromatic N) is 3. The van der Waals surface area contributed by atoms with E-state index in [-0.39, 0.29) is 18.2 Å². The molecule has 0 spiro atoms. The zero-order valence-electron chi connectivity index (χ0n) is 17.2. The average molecular weight is 399 g/mol. The van der Waals surface area contributed by atoms with Gasteiger partial charge in [0.05, 0.1) is 18.5 Å². The molecular formula is C22H30N4O3. The molecular weight excluding hydrogens is 368 g/mol. The number of hydrogen-bond acceptors (Lipinski definition) is 6. The number of nitrogens with two attached hydrogens (primary N) is 1. The summed E-state index contributed by atoms with van der Waals surface area (Å²) < 4.78 is 11.2. The van der Waals surface area contributed by atoms with Gasteiger partial charge in [0.25, 0.3) is 0 Å². The molecule has 1 amide bonds. The Morgan fingerprint density at radius 1 is 1.14 bits per heavy atom. The summed E-state index contributed by atoms with van der Waals surface area (Å²) in [5, 5.41) is 0. The van der Waals surface area contributed by atoms with Crippen molar-refractivity contribution < 1.29 is 14.3 Å². The number of amides is 1. The van der Waals surface area contributed by atoms with E-state index in [0.29, 0.717) is 37.9 Å². The van der Waals surface area contributed by atoms with Gasteiger partial charge >= 0.3 is 6.09 Å². The van der Waals surface area contributed by atoms with Crippen molar-refractivity contribution in [3.05, 3.63) is 54.2 Å². The quantitative estimate of drug-likeness (QED) is 0.722. The van der Waals surface area contributed by atoms with E-state index in [9.17, 15) is 4.79 Å². The summed E-state index contributed by atoms with van der Waals surface area (Å²) in [5.74, 6) is 0.589. The fourth-order valence-corrected chi connectivity index (χ4v) is 3.66. The normalized spacial score (nSPS) is 19.7. The summed E-state index contributed by atoms with van der Waals surface area (Å²) >= 11 is 0. The van der Waals surface area contributed by atoms with Crippen molar-refractivity contribution in [2.45, 2.75) is 39.0 Å². The van der Waals surface area contributed by atoms with Crippen LogP contribution in [0, 0.1) is 0 Å². The van der Waals surface area contributed by atoms with Gasteiger partial charge in [-0.25, -0.2) is 9.78 Å². The van der Waals surface area contributed by atoms with Crippen LogP contribution in [0.5, 0.6) is 5.88 Å². The first-order chi connectivity index (χ1) is 14.0. The molecule has 3 rings (SSSR count). The predicted molar refractivity (Wildman–Crippen MR) is 113 cm³/mol. The number of carbonyl (C=O) groups excluding carboxylic acids is 1. The number of nitrogen functional groups attached to an aromatic ring is 1. The number of hydrogen-bond donors (Lipinski definition) is 1.